The zero-order chi connectivity index (χ0) is 13.1. The van der Waals surface area contributed by atoms with Crippen molar-refractivity contribution in [1.82, 2.24) is 0 Å². The van der Waals surface area contributed by atoms with Crippen molar-refractivity contribution < 1.29 is 9.16 Å². The first-order chi connectivity index (χ1) is 7.99. The molecular weight excluding hydrogens is 228 g/mol. The van der Waals surface area contributed by atoms with E-state index in [1.165, 1.54) is 38.5 Å². The monoisotopic (exact) mass is 258 g/mol. The van der Waals surface area contributed by atoms with E-state index in [1.807, 2.05) is 0 Å². The van der Waals surface area contributed by atoms with Gasteiger partial charge in [0.05, 0.1) is 7.11 Å². The first kappa shape index (κ1) is 16.6. The van der Waals surface area contributed by atoms with E-state index in [0.29, 0.717) is 0 Å². The minimum absolute atomic E-state index is 0.720. The minimum Gasteiger partial charge on any atom is -0.520 e. The Morgan fingerprint density at radius 3 is 2.12 bits per heavy atom. The molecule has 0 rings (SSSR count). The van der Waals surface area contributed by atoms with Crippen LogP contribution >= 0.6 is 0 Å². The summed E-state index contributed by atoms with van der Waals surface area (Å²) >= 11 is 0. The second-order valence-corrected chi connectivity index (χ2v) is 9.93. The molecule has 0 aromatic carbocycles. The molecule has 0 aliphatic heterocycles. The van der Waals surface area contributed by atoms with E-state index < -0.39 is 8.32 Å². The van der Waals surface area contributed by atoms with Gasteiger partial charge in [0.15, 0.2) is 0 Å². The first-order valence-electron chi connectivity index (χ1n) is 6.92. The summed E-state index contributed by atoms with van der Waals surface area (Å²) in [6.45, 7) is 8.77. The summed E-state index contributed by atoms with van der Waals surface area (Å²) in [5.74, 6) is 0.720. The predicted molar refractivity (Wildman–Crippen MR) is 77.5 cm³/mol. The number of allylic oxidation sites excluding steroid dienone is 1. The van der Waals surface area contributed by atoms with Crippen LogP contribution in [-0.4, -0.2) is 15.4 Å². The van der Waals surface area contributed by atoms with Gasteiger partial charge in [-0.15, -0.1) is 0 Å². The van der Waals surface area contributed by atoms with Gasteiger partial charge in [-0.05, 0) is 38.6 Å². The number of hydrogen-bond donors (Lipinski definition) is 0. The zero-order valence-corrected chi connectivity index (χ0v) is 13.3. The van der Waals surface area contributed by atoms with E-state index in [9.17, 15) is 0 Å². The summed E-state index contributed by atoms with van der Waals surface area (Å²) in [6, 6.07) is 0. The molecule has 2 nitrogen and oxygen atoms in total. The van der Waals surface area contributed by atoms with Crippen molar-refractivity contribution in [2.45, 2.75) is 71.5 Å². The number of hydrogen-bond acceptors (Lipinski definition) is 2. The largest absolute Gasteiger partial charge is 0.520 e. The molecule has 0 atom stereocenters. The van der Waals surface area contributed by atoms with Crippen LogP contribution in [0, 0.1) is 0 Å². The van der Waals surface area contributed by atoms with Crippen LogP contribution < -0.4 is 0 Å². The highest BCUT2D eigenvalue weighted by Crippen LogP contribution is 2.13. The molecule has 0 spiro atoms. The maximum Gasteiger partial charge on any atom is 0.260 e. The Labute approximate surface area is 109 Å². The standard InChI is InChI=1S/C14H30O2Si/c1-6-7-8-9-10-11-12-13-14(15-2)16-17(3,4)5/h13H,6-12H2,1-5H3/b14-13+. The van der Waals surface area contributed by atoms with Crippen molar-refractivity contribution >= 4 is 8.32 Å². The third kappa shape index (κ3) is 11.8. The molecular formula is C14H30O2Si. The molecule has 17 heavy (non-hydrogen) atoms. The van der Waals surface area contributed by atoms with Gasteiger partial charge in [0, 0.05) is 0 Å². The quantitative estimate of drug-likeness (QED) is 0.309. The van der Waals surface area contributed by atoms with Crippen LogP contribution in [0.5, 0.6) is 0 Å². The number of unbranched alkanes of at least 4 members (excludes halogenated alkanes) is 6. The highest BCUT2D eigenvalue weighted by atomic mass is 28.4. The fourth-order valence-electron chi connectivity index (χ4n) is 1.61. The Bertz CT molecular complexity index is 207. The predicted octanol–water partition coefficient (Wildman–Crippen LogP) is 5.08. The molecule has 0 amide bonds. The van der Waals surface area contributed by atoms with Crippen LogP contribution in [0.25, 0.3) is 0 Å². The first-order valence-corrected chi connectivity index (χ1v) is 10.3. The highest BCUT2D eigenvalue weighted by Gasteiger charge is 2.17. The van der Waals surface area contributed by atoms with Crippen molar-refractivity contribution in [3.05, 3.63) is 12.0 Å². The van der Waals surface area contributed by atoms with Crippen molar-refractivity contribution in [2.75, 3.05) is 7.11 Å². The van der Waals surface area contributed by atoms with Crippen molar-refractivity contribution in [3.63, 3.8) is 0 Å². The summed E-state index contributed by atoms with van der Waals surface area (Å²) in [6.07, 6.45) is 11.2. The summed E-state index contributed by atoms with van der Waals surface area (Å²) in [5, 5.41) is 0. The third-order valence-corrected chi connectivity index (χ3v) is 3.29. The third-order valence-electron chi connectivity index (χ3n) is 2.48. The van der Waals surface area contributed by atoms with Gasteiger partial charge in [0.2, 0.25) is 8.32 Å². The fraction of sp³-hybridized carbons (Fsp3) is 0.857. The Balaban J connectivity index is 3.65. The molecule has 0 radical (unpaired) electrons. The number of ether oxygens (including phenoxy) is 1. The lowest BCUT2D eigenvalue weighted by atomic mass is 10.1. The van der Waals surface area contributed by atoms with Crippen molar-refractivity contribution in [3.8, 4) is 0 Å². The van der Waals surface area contributed by atoms with Gasteiger partial charge in [-0.3, -0.25) is 0 Å². The second-order valence-electron chi connectivity index (χ2n) is 5.50. The van der Waals surface area contributed by atoms with Gasteiger partial charge in [0.1, 0.15) is 0 Å². The van der Waals surface area contributed by atoms with Gasteiger partial charge in [-0.2, -0.15) is 0 Å². The Morgan fingerprint density at radius 2 is 1.59 bits per heavy atom. The van der Waals surface area contributed by atoms with Crippen molar-refractivity contribution in [1.29, 1.82) is 0 Å². The number of rotatable bonds is 10. The average Bonchev–Trinajstić information content (AvgIpc) is 2.24. The summed E-state index contributed by atoms with van der Waals surface area (Å²) in [5.41, 5.74) is 0. The zero-order valence-electron chi connectivity index (χ0n) is 12.3. The lowest BCUT2D eigenvalue weighted by Gasteiger charge is -2.20. The molecule has 0 aliphatic rings. The summed E-state index contributed by atoms with van der Waals surface area (Å²) in [7, 11) is 0.167. The van der Waals surface area contributed by atoms with Gasteiger partial charge in [0.25, 0.3) is 5.95 Å². The van der Waals surface area contributed by atoms with Crippen LogP contribution in [0.2, 0.25) is 19.6 Å². The lowest BCUT2D eigenvalue weighted by molar-refractivity contribution is 0.145. The summed E-state index contributed by atoms with van der Waals surface area (Å²) < 4.78 is 11.1. The Kier molecular flexibility index (Phi) is 9.32. The molecule has 0 unspecified atom stereocenters. The topological polar surface area (TPSA) is 18.5 Å². The van der Waals surface area contributed by atoms with Crippen LogP contribution in [0.4, 0.5) is 0 Å². The van der Waals surface area contributed by atoms with Crippen LogP contribution in [0.3, 0.4) is 0 Å². The number of methoxy groups -OCH3 is 1. The lowest BCUT2D eigenvalue weighted by Crippen LogP contribution is -2.25. The normalized spacial score (nSPS) is 12.6. The van der Waals surface area contributed by atoms with Crippen molar-refractivity contribution in [2.24, 2.45) is 0 Å². The molecule has 0 aromatic heterocycles. The molecule has 0 saturated heterocycles. The Morgan fingerprint density at radius 1 is 1.00 bits per heavy atom. The molecule has 0 aromatic rings. The molecule has 0 heterocycles. The second kappa shape index (κ2) is 9.57. The maximum atomic E-state index is 5.81. The van der Waals surface area contributed by atoms with E-state index in [4.69, 9.17) is 9.16 Å². The molecule has 0 fully saturated rings. The van der Waals surface area contributed by atoms with Crippen LogP contribution in [0.15, 0.2) is 12.0 Å². The fourth-order valence-corrected chi connectivity index (χ4v) is 2.38. The Hall–Kier alpha value is -0.443. The van der Waals surface area contributed by atoms with Crippen LogP contribution in [-0.2, 0) is 9.16 Å². The molecule has 3 heteroatoms. The molecule has 0 saturated carbocycles. The SMILES string of the molecule is CCCCCCCC/C=C(\OC)O[Si](C)(C)C. The van der Waals surface area contributed by atoms with Gasteiger partial charge >= 0.3 is 0 Å². The smallest absolute Gasteiger partial charge is 0.260 e. The average molecular weight is 258 g/mol. The van der Waals surface area contributed by atoms with Gasteiger partial charge < -0.3 is 9.16 Å². The highest BCUT2D eigenvalue weighted by molar-refractivity contribution is 6.69. The van der Waals surface area contributed by atoms with E-state index in [1.54, 1.807) is 7.11 Å². The van der Waals surface area contributed by atoms with Crippen LogP contribution in [0.1, 0.15) is 51.9 Å². The molecule has 0 bridgehead atoms. The van der Waals surface area contributed by atoms with E-state index in [0.717, 1.165) is 12.4 Å². The maximum absolute atomic E-state index is 5.81. The molecule has 0 N–H and O–H groups in total. The van der Waals surface area contributed by atoms with Gasteiger partial charge in [-0.1, -0.05) is 39.0 Å². The summed E-state index contributed by atoms with van der Waals surface area (Å²) in [4.78, 5) is 0. The van der Waals surface area contributed by atoms with E-state index >= 15 is 0 Å². The molecule has 0 aliphatic carbocycles. The van der Waals surface area contributed by atoms with E-state index in [-0.39, 0.29) is 0 Å². The van der Waals surface area contributed by atoms with E-state index in [2.05, 4.69) is 32.6 Å². The van der Waals surface area contributed by atoms with Gasteiger partial charge in [-0.25, -0.2) is 0 Å². The molecule has 102 valence electrons. The minimum atomic E-state index is -1.52.